The van der Waals surface area contributed by atoms with Gasteiger partial charge in [-0.3, -0.25) is 0 Å². The molecule has 1 unspecified atom stereocenters. The van der Waals surface area contributed by atoms with Crippen LogP contribution in [0.5, 0.6) is 0 Å². The Bertz CT molecular complexity index is 280. The quantitative estimate of drug-likeness (QED) is 0.384. The third kappa shape index (κ3) is 1.99. The van der Waals surface area contributed by atoms with Crippen LogP contribution in [-0.2, 0) is 4.74 Å². The Kier molecular flexibility index (Phi) is 3.14. The minimum atomic E-state index is -0.517. The molecule has 0 heterocycles. The fourth-order valence-corrected chi connectivity index (χ4v) is 0.914. The predicted octanol–water partition coefficient (Wildman–Crippen LogP) is 2.64. The zero-order valence-corrected chi connectivity index (χ0v) is 6.71. The largest absolute Gasteiger partial charge is 0.371 e. The lowest BCUT2D eigenvalue weighted by molar-refractivity contribution is 0.109. The van der Waals surface area contributed by atoms with Gasteiger partial charge in [0, 0.05) is 12.0 Å². The van der Waals surface area contributed by atoms with E-state index in [9.17, 15) is 0 Å². The van der Waals surface area contributed by atoms with Gasteiger partial charge in [-0.25, -0.2) is 0 Å². The molecule has 0 saturated carbocycles. The van der Waals surface area contributed by atoms with E-state index in [1.807, 2.05) is 30.3 Å². The van der Waals surface area contributed by atoms with E-state index >= 15 is 0 Å². The first-order chi connectivity index (χ1) is 5.88. The fraction of sp³-hybridized carbons (Fsp3) is 0.250. The van der Waals surface area contributed by atoms with Gasteiger partial charge in [0.25, 0.3) is 0 Å². The zero-order chi connectivity index (χ0) is 8.81. The normalized spacial score (nSPS) is 11.8. The summed E-state index contributed by atoms with van der Waals surface area (Å²) in [4.78, 5) is 2.68. The molecular weight excluding hydrogens is 154 g/mol. The first kappa shape index (κ1) is 8.59. The molecule has 0 bridgehead atoms. The van der Waals surface area contributed by atoms with Crippen LogP contribution in [0.1, 0.15) is 11.8 Å². The molecule has 0 aliphatic heterocycles. The standard InChI is InChI=1S/C8H9N3O/c1-12-8(10-11-9)7-5-3-2-4-6-7/h2-6,8H,1H3. The van der Waals surface area contributed by atoms with Crippen LogP contribution in [0.3, 0.4) is 0 Å². The van der Waals surface area contributed by atoms with Gasteiger partial charge in [-0.2, -0.15) is 0 Å². The molecule has 4 nitrogen and oxygen atoms in total. The van der Waals surface area contributed by atoms with Crippen LogP contribution in [0.4, 0.5) is 0 Å². The van der Waals surface area contributed by atoms with Gasteiger partial charge in [0.1, 0.15) is 0 Å². The molecule has 0 fully saturated rings. The summed E-state index contributed by atoms with van der Waals surface area (Å²) in [5, 5.41) is 3.47. The summed E-state index contributed by atoms with van der Waals surface area (Å²) < 4.78 is 4.96. The molecule has 0 spiro atoms. The lowest BCUT2D eigenvalue weighted by Crippen LogP contribution is -1.95. The van der Waals surface area contributed by atoms with Crippen molar-refractivity contribution >= 4 is 0 Å². The van der Waals surface area contributed by atoms with E-state index in [1.54, 1.807) is 0 Å². The Labute approximate surface area is 70.4 Å². The maximum atomic E-state index is 8.21. The van der Waals surface area contributed by atoms with E-state index in [4.69, 9.17) is 10.3 Å². The van der Waals surface area contributed by atoms with Crippen molar-refractivity contribution < 1.29 is 4.74 Å². The number of ether oxygens (including phenoxy) is 1. The summed E-state index contributed by atoms with van der Waals surface area (Å²) in [7, 11) is 1.51. The van der Waals surface area contributed by atoms with Crippen molar-refractivity contribution in [1.82, 2.24) is 0 Å². The molecule has 0 amide bonds. The number of benzene rings is 1. The number of hydrogen-bond acceptors (Lipinski definition) is 2. The molecule has 0 N–H and O–H groups in total. The molecule has 0 aliphatic rings. The van der Waals surface area contributed by atoms with Gasteiger partial charge in [-0.05, 0) is 11.1 Å². The molecule has 1 atom stereocenters. The van der Waals surface area contributed by atoms with Gasteiger partial charge in [0.05, 0.1) is 0 Å². The van der Waals surface area contributed by atoms with Crippen molar-refractivity contribution in [3.05, 3.63) is 46.3 Å². The van der Waals surface area contributed by atoms with Gasteiger partial charge in [0.2, 0.25) is 0 Å². The smallest absolute Gasteiger partial charge is 0.161 e. The average molecular weight is 163 g/mol. The highest BCUT2D eigenvalue weighted by atomic mass is 16.5. The molecule has 1 aromatic carbocycles. The van der Waals surface area contributed by atoms with Crippen LogP contribution in [0, 0.1) is 0 Å². The van der Waals surface area contributed by atoms with Gasteiger partial charge < -0.3 is 4.74 Å². The van der Waals surface area contributed by atoms with Crippen LogP contribution in [0.2, 0.25) is 0 Å². The lowest BCUT2D eigenvalue weighted by atomic mass is 10.2. The Balaban J connectivity index is 2.87. The first-order valence-electron chi connectivity index (χ1n) is 3.50. The maximum absolute atomic E-state index is 8.21. The van der Waals surface area contributed by atoms with Crippen LogP contribution in [0.15, 0.2) is 35.4 Å². The summed E-state index contributed by atoms with van der Waals surface area (Å²) in [5.41, 5.74) is 9.07. The van der Waals surface area contributed by atoms with Gasteiger partial charge in [-0.1, -0.05) is 35.4 Å². The van der Waals surface area contributed by atoms with E-state index in [1.165, 1.54) is 7.11 Å². The molecular formula is C8H9N3O. The average Bonchev–Trinajstić information content (AvgIpc) is 2.15. The summed E-state index contributed by atoms with van der Waals surface area (Å²) in [6.07, 6.45) is -0.517. The molecule has 0 aliphatic carbocycles. The third-order valence-corrected chi connectivity index (χ3v) is 1.46. The van der Waals surface area contributed by atoms with Crippen molar-refractivity contribution in [3.63, 3.8) is 0 Å². The van der Waals surface area contributed by atoms with E-state index in [-0.39, 0.29) is 0 Å². The number of azide groups is 1. The Morgan fingerprint density at radius 1 is 1.42 bits per heavy atom. The van der Waals surface area contributed by atoms with E-state index in [0.29, 0.717) is 0 Å². The molecule has 0 radical (unpaired) electrons. The number of methoxy groups -OCH3 is 1. The predicted molar refractivity (Wildman–Crippen MR) is 45.3 cm³/mol. The molecule has 1 aromatic rings. The van der Waals surface area contributed by atoms with Crippen LogP contribution >= 0.6 is 0 Å². The van der Waals surface area contributed by atoms with Crippen molar-refractivity contribution in [2.45, 2.75) is 6.23 Å². The van der Waals surface area contributed by atoms with Crippen molar-refractivity contribution in [2.24, 2.45) is 5.11 Å². The minimum Gasteiger partial charge on any atom is -0.371 e. The van der Waals surface area contributed by atoms with Gasteiger partial charge in [-0.15, -0.1) is 0 Å². The molecule has 4 heteroatoms. The van der Waals surface area contributed by atoms with Crippen molar-refractivity contribution in [3.8, 4) is 0 Å². The van der Waals surface area contributed by atoms with Gasteiger partial charge in [0.15, 0.2) is 6.23 Å². The second kappa shape index (κ2) is 4.38. The highest BCUT2D eigenvalue weighted by Gasteiger charge is 2.04. The van der Waals surface area contributed by atoms with Crippen LogP contribution < -0.4 is 0 Å². The summed E-state index contributed by atoms with van der Waals surface area (Å²) in [6, 6.07) is 9.33. The Hall–Kier alpha value is -1.51. The number of hydrogen-bond donors (Lipinski definition) is 0. The Morgan fingerprint density at radius 3 is 2.58 bits per heavy atom. The molecule has 1 rings (SSSR count). The van der Waals surface area contributed by atoms with E-state index < -0.39 is 6.23 Å². The van der Waals surface area contributed by atoms with E-state index in [0.717, 1.165) is 5.56 Å². The summed E-state index contributed by atoms with van der Waals surface area (Å²) in [6.45, 7) is 0. The molecule has 0 saturated heterocycles. The molecule has 0 aromatic heterocycles. The summed E-state index contributed by atoms with van der Waals surface area (Å²) >= 11 is 0. The second-order valence-electron chi connectivity index (χ2n) is 2.20. The van der Waals surface area contributed by atoms with Crippen molar-refractivity contribution in [2.75, 3.05) is 7.11 Å². The van der Waals surface area contributed by atoms with Crippen molar-refractivity contribution in [1.29, 1.82) is 0 Å². The fourth-order valence-electron chi connectivity index (χ4n) is 0.914. The number of nitrogens with zero attached hydrogens (tertiary/aromatic N) is 3. The van der Waals surface area contributed by atoms with E-state index in [2.05, 4.69) is 10.0 Å². The maximum Gasteiger partial charge on any atom is 0.161 e. The minimum absolute atomic E-state index is 0.517. The first-order valence-corrected chi connectivity index (χ1v) is 3.50. The zero-order valence-electron chi connectivity index (χ0n) is 6.71. The lowest BCUT2D eigenvalue weighted by Gasteiger charge is -2.07. The second-order valence-corrected chi connectivity index (χ2v) is 2.20. The third-order valence-electron chi connectivity index (χ3n) is 1.46. The summed E-state index contributed by atoms with van der Waals surface area (Å²) in [5.74, 6) is 0. The SMILES string of the molecule is COC(N=[N+]=[N-])c1ccccc1. The molecule has 62 valence electrons. The van der Waals surface area contributed by atoms with Crippen LogP contribution in [-0.4, -0.2) is 7.11 Å². The highest BCUT2D eigenvalue weighted by Crippen LogP contribution is 2.16. The Morgan fingerprint density at radius 2 is 2.08 bits per heavy atom. The highest BCUT2D eigenvalue weighted by molar-refractivity contribution is 5.16. The van der Waals surface area contributed by atoms with Crippen LogP contribution in [0.25, 0.3) is 10.4 Å². The number of rotatable bonds is 3. The topological polar surface area (TPSA) is 58.0 Å². The van der Waals surface area contributed by atoms with Gasteiger partial charge >= 0.3 is 0 Å². The monoisotopic (exact) mass is 163 g/mol. The molecule has 12 heavy (non-hydrogen) atoms.